The monoisotopic (exact) mass is 393 g/mol. The lowest BCUT2D eigenvalue weighted by Crippen LogP contribution is -2.45. The Hall–Kier alpha value is -2.63. The van der Waals surface area contributed by atoms with E-state index in [-0.39, 0.29) is 0 Å². The Labute approximate surface area is 171 Å². The van der Waals surface area contributed by atoms with Crippen molar-refractivity contribution in [1.29, 1.82) is 0 Å². The molecule has 1 N–H and O–H groups in total. The maximum Gasteiger partial charge on any atom is 0.227 e. The summed E-state index contributed by atoms with van der Waals surface area (Å²) in [6.45, 7) is 5.91. The van der Waals surface area contributed by atoms with E-state index in [1.54, 1.807) is 0 Å². The lowest BCUT2D eigenvalue weighted by Gasteiger charge is -2.32. The number of rotatable bonds is 4. The topological polar surface area (TPSA) is 44.3 Å². The van der Waals surface area contributed by atoms with Gasteiger partial charge in [-0.3, -0.25) is 0 Å². The fourth-order valence-electron chi connectivity index (χ4n) is 3.31. The summed E-state index contributed by atoms with van der Waals surface area (Å²) < 4.78 is 0. The Kier molecular flexibility index (Phi) is 5.46. The molecule has 5 nitrogen and oxygen atoms in total. The molecule has 3 aromatic rings. The number of nitrogens with one attached hydrogen (secondary N) is 1. The predicted molar refractivity (Wildman–Crippen MR) is 117 cm³/mol. The van der Waals surface area contributed by atoms with E-state index in [0.717, 1.165) is 65.5 Å². The smallest absolute Gasteiger partial charge is 0.227 e. The second-order valence-electron chi connectivity index (χ2n) is 7.18. The van der Waals surface area contributed by atoms with Crippen molar-refractivity contribution in [3.05, 3.63) is 65.2 Å². The van der Waals surface area contributed by atoms with Crippen molar-refractivity contribution in [2.24, 2.45) is 0 Å². The molecule has 1 aliphatic rings. The van der Waals surface area contributed by atoms with Crippen molar-refractivity contribution in [3.8, 4) is 11.3 Å². The molecule has 1 saturated heterocycles. The molecule has 0 radical (unpaired) electrons. The molecule has 0 saturated carbocycles. The normalized spacial score (nSPS) is 14.9. The van der Waals surface area contributed by atoms with E-state index in [2.05, 4.69) is 34.3 Å². The van der Waals surface area contributed by atoms with Crippen LogP contribution in [0.5, 0.6) is 0 Å². The predicted octanol–water partition coefficient (Wildman–Crippen LogP) is 4.60. The molecule has 4 rings (SSSR count). The summed E-state index contributed by atoms with van der Waals surface area (Å²) in [7, 11) is 2.15. The van der Waals surface area contributed by atoms with Crippen LogP contribution in [0.1, 0.15) is 5.56 Å². The lowest BCUT2D eigenvalue weighted by molar-refractivity contribution is 0.311. The maximum atomic E-state index is 6.10. The minimum atomic E-state index is 0.730. The molecule has 28 heavy (non-hydrogen) atoms. The number of piperazine rings is 1. The van der Waals surface area contributed by atoms with Gasteiger partial charge >= 0.3 is 0 Å². The van der Waals surface area contributed by atoms with Crippen LogP contribution < -0.4 is 10.2 Å². The van der Waals surface area contributed by atoms with E-state index in [4.69, 9.17) is 21.6 Å². The minimum Gasteiger partial charge on any atom is -0.340 e. The summed E-state index contributed by atoms with van der Waals surface area (Å²) in [4.78, 5) is 14.3. The van der Waals surface area contributed by atoms with Crippen molar-refractivity contribution >= 4 is 29.1 Å². The van der Waals surface area contributed by atoms with E-state index in [1.807, 2.05) is 49.4 Å². The van der Waals surface area contributed by atoms with Crippen LogP contribution in [0.15, 0.2) is 54.6 Å². The highest BCUT2D eigenvalue weighted by Crippen LogP contribution is 2.27. The van der Waals surface area contributed by atoms with Crippen LogP contribution >= 0.6 is 11.6 Å². The van der Waals surface area contributed by atoms with E-state index in [9.17, 15) is 0 Å². The number of hydrogen-bond donors (Lipinski definition) is 1. The Morgan fingerprint density at radius 3 is 2.39 bits per heavy atom. The first-order valence-electron chi connectivity index (χ1n) is 9.50. The summed E-state index contributed by atoms with van der Waals surface area (Å²) in [5, 5.41) is 4.18. The van der Waals surface area contributed by atoms with Crippen LogP contribution in [0.25, 0.3) is 11.3 Å². The first-order chi connectivity index (χ1) is 13.6. The molecule has 1 aromatic heterocycles. The molecule has 2 aromatic carbocycles. The van der Waals surface area contributed by atoms with Gasteiger partial charge in [-0.2, -0.15) is 4.98 Å². The van der Waals surface area contributed by atoms with E-state index in [0.29, 0.717) is 0 Å². The molecule has 0 spiro atoms. The largest absolute Gasteiger partial charge is 0.340 e. The molecule has 144 valence electrons. The number of hydrogen-bond acceptors (Lipinski definition) is 5. The van der Waals surface area contributed by atoms with Crippen molar-refractivity contribution in [2.75, 3.05) is 43.4 Å². The average Bonchev–Trinajstić information content (AvgIpc) is 2.71. The summed E-state index contributed by atoms with van der Waals surface area (Å²) in [5.74, 6) is 1.55. The Morgan fingerprint density at radius 2 is 1.68 bits per heavy atom. The zero-order valence-corrected chi connectivity index (χ0v) is 16.9. The molecule has 1 aliphatic heterocycles. The van der Waals surface area contributed by atoms with Crippen LogP contribution in [0.2, 0.25) is 5.02 Å². The molecule has 2 heterocycles. The van der Waals surface area contributed by atoms with Gasteiger partial charge in [0, 0.05) is 48.5 Å². The molecular formula is C22H24ClN5. The average molecular weight is 394 g/mol. The fraction of sp³-hybridized carbons (Fsp3) is 0.273. The van der Waals surface area contributed by atoms with Gasteiger partial charge in [-0.15, -0.1) is 0 Å². The Morgan fingerprint density at radius 1 is 0.929 bits per heavy atom. The van der Waals surface area contributed by atoms with Gasteiger partial charge in [0.05, 0.1) is 5.69 Å². The Bertz CT molecular complexity index is 952. The molecule has 0 amide bonds. The first-order valence-corrected chi connectivity index (χ1v) is 9.87. The molecule has 0 bridgehead atoms. The number of aryl methyl sites for hydroxylation is 1. The van der Waals surface area contributed by atoms with Gasteiger partial charge in [0.2, 0.25) is 5.95 Å². The summed E-state index contributed by atoms with van der Waals surface area (Å²) in [5.41, 5.74) is 4.06. The van der Waals surface area contributed by atoms with Gasteiger partial charge in [0.1, 0.15) is 5.82 Å². The van der Waals surface area contributed by atoms with Crippen LogP contribution in [-0.4, -0.2) is 48.1 Å². The van der Waals surface area contributed by atoms with Crippen LogP contribution in [0, 0.1) is 6.92 Å². The minimum absolute atomic E-state index is 0.730. The molecule has 0 aliphatic carbocycles. The third-order valence-electron chi connectivity index (χ3n) is 5.02. The van der Waals surface area contributed by atoms with Crippen LogP contribution in [0.4, 0.5) is 17.5 Å². The summed E-state index contributed by atoms with van der Waals surface area (Å²) in [6.07, 6.45) is 0. The van der Waals surface area contributed by atoms with Gasteiger partial charge in [0.15, 0.2) is 0 Å². The standard InChI is InChI=1S/C22H24ClN5/c1-16-14-18(23)8-9-19(16)24-21-15-20(17-6-4-3-5-7-17)25-22(26-21)28-12-10-27(2)11-13-28/h3-9,14-15H,10-13H2,1-2H3,(H,24,25,26). The van der Waals surface area contributed by atoms with Gasteiger partial charge in [-0.1, -0.05) is 41.9 Å². The molecule has 6 heteroatoms. The zero-order valence-electron chi connectivity index (χ0n) is 16.2. The maximum absolute atomic E-state index is 6.10. The quantitative estimate of drug-likeness (QED) is 0.701. The summed E-state index contributed by atoms with van der Waals surface area (Å²) >= 11 is 6.10. The number of halogens is 1. The number of benzene rings is 2. The van der Waals surface area contributed by atoms with Crippen LogP contribution in [0.3, 0.4) is 0 Å². The second-order valence-corrected chi connectivity index (χ2v) is 7.62. The van der Waals surface area contributed by atoms with Gasteiger partial charge < -0.3 is 15.1 Å². The SMILES string of the molecule is Cc1cc(Cl)ccc1Nc1cc(-c2ccccc2)nc(N2CCN(C)CC2)n1. The van der Waals surface area contributed by atoms with Gasteiger partial charge in [0.25, 0.3) is 0 Å². The number of anilines is 3. The summed E-state index contributed by atoms with van der Waals surface area (Å²) in [6, 6.07) is 18.1. The third-order valence-corrected chi connectivity index (χ3v) is 5.26. The van der Waals surface area contributed by atoms with Crippen molar-refractivity contribution < 1.29 is 0 Å². The number of likely N-dealkylation sites (N-methyl/N-ethyl adjacent to an activating group) is 1. The molecule has 1 fully saturated rings. The highest BCUT2D eigenvalue weighted by molar-refractivity contribution is 6.30. The lowest BCUT2D eigenvalue weighted by atomic mass is 10.1. The number of aromatic nitrogens is 2. The van der Waals surface area contributed by atoms with Crippen LogP contribution in [-0.2, 0) is 0 Å². The zero-order chi connectivity index (χ0) is 19.5. The first kappa shape index (κ1) is 18.7. The van der Waals surface area contributed by atoms with E-state index >= 15 is 0 Å². The van der Waals surface area contributed by atoms with E-state index < -0.39 is 0 Å². The van der Waals surface area contributed by atoms with Gasteiger partial charge in [-0.05, 0) is 37.7 Å². The highest BCUT2D eigenvalue weighted by Gasteiger charge is 2.18. The fourth-order valence-corrected chi connectivity index (χ4v) is 3.54. The van der Waals surface area contributed by atoms with Crippen molar-refractivity contribution in [3.63, 3.8) is 0 Å². The highest BCUT2D eigenvalue weighted by atomic mass is 35.5. The van der Waals surface area contributed by atoms with E-state index in [1.165, 1.54) is 0 Å². The van der Waals surface area contributed by atoms with Crippen molar-refractivity contribution in [2.45, 2.75) is 6.92 Å². The molecule has 0 atom stereocenters. The van der Waals surface area contributed by atoms with Gasteiger partial charge in [-0.25, -0.2) is 4.98 Å². The number of nitrogens with zero attached hydrogens (tertiary/aromatic N) is 4. The second kappa shape index (κ2) is 8.17. The Balaban J connectivity index is 1.71. The van der Waals surface area contributed by atoms with Crippen molar-refractivity contribution in [1.82, 2.24) is 14.9 Å². The molecular weight excluding hydrogens is 370 g/mol. The molecule has 0 unspecified atom stereocenters. The third kappa shape index (κ3) is 4.26.